The summed E-state index contributed by atoms with van der Waals surface area (Å²) in [6.45, 7) is 2.53. The average Bonchev–Trinajstić information content (AvgIpc) is 2.92. The van der Waals surface area contributed by atoms with E-state index in [1.165, 1.54) is 0 Å². The maximum Gasteiger partial charge on any atom is 0.185 e. The van der Waals surface area contributed by atoms with Gasteiger partial charge < -0.3 is 9.47 Å². The maximum absolute atomic E-state index is 13.1. The number of rotatable bonds is 7. The van der Waals surface area contributed by atoms with Crippen molar-refractivity contribution in [3.8, 4) is 11.5 Å². The summed E-state index contributed by atoms with van der Waals surface area (Å²) in [6.07, 6.45) is 3.55. The first-order valence-corrected chi connectivity index (χ1v) is 11.8. The molecule has 0 aliphatic carbocycles. The van der Waals surface area contributed by atoms with Gasteiger partial charge in [-0.1, -0.05) is 84.9 Å². The standard InChI is InChI=1S/C32H26O3/c1-2-34-26-19-17-23(18-20-26)29(33)22-21-28-31(24-11-5-3-6-12-24)27-15-9-10-16-30(27)35-32(28)25-13-7-4-8-14-25/h3-22,31H,2H2,1H3/b22-21+. The molecule has 0 saturated heterocycles. The van der Waals surface area contributed by atoms with E-state index in [1.54, 1.807) is 18.2 Å². The lowest BCUT2D eigenvalue weighted by atomic mass is 9.81. The highest BCUT2D eigenvalue weighted by Gasteiger charge is 2.30. The van der Waals surface area contributed by atoms with Crippen LogP contribution in [0.15, 0.2) is 127 Å². The molecule has 172 valence electrons. The van der Waals surface area contributed by atoms with Gasteiger partial charge in [-0.25, -0.2) is 0 Å². The van der Waals surface area contributed by atoms with Crippen LogP contribution in [-0.2, 0) is 0 Å². The van der Waals surface area contributed by atoms with Crippen LogP contribution in [-0.4, -0.2) is 12.4 Å². The summed E-state index contributed by atoms with van der Waals surface area (Å²) in [4.78, 5) is 13.1. The molecule has 0 spiro atoms. The molecule has 0 radical (unpaired) electrons. The van der Waals surface area contributed by atoms with Crippen molar-refractivity contribution >= 4 is 11.5 Å². The summed E-state index contributed by atoms with van der Waals surface area (Å²) >= 11 is 0. The Bertz CT molecular complexity index is 1370. The highest BCUT2D eigenvalue weighted by molar-refractivity contribution is 6.05. The monoisotopic (exact) mass is 458 g/mol. The Labute approximate surface area is 206 Å². The molecule has 1 unspecified atom stereocenters. The quantitative estimate of drug-likeness (QED) is 0.213. The zero-order chi connectivity index (χ0) is 24.0. The molecule has 3 nitrogen and oxygen atoms in total. The van der Waals surface area contributed by atoms with Crippen LogP contribution in [0.1, 0.15) is 39.9 Å². The van der Waals surface area contributed by atoms with E-state index in [4.69, 9.17) is 9.47 Å². The topological polar surface area (TPSA) is 35.5 Å². The SMILES string of the molecule is CCOc1ccc(C(=O)/C=C/C2=C(c3ccccc3)Oc3ccccc3C2c2ccccc2)cc1. The number of ketones is 1. The molecule has 4 aromatic carbocycles. The molecule has 0 saturated carbocycles. The molecule has 1 aliphatic heterocycles. The maximum atomic E-state index is 13.1. The fourth-order valence-corrected chi connectivity index (χ4v) is 4.41. The van der Waals surface area contributed by atoms with Crippen molar-refractivity contribution in [3.63, 3.8) is 0 Å². The Morgan fingerprint density at radius 1 is 0.829 bits per heavy atom. The van der Waals surface area contributed by atoms with Gasteiger partial charge in [-0.2, -0.15) is 0 Å². The molecule has 3 heteroatoms. The third-order valence-electron chi connectivity index (χ3n) is 6.05. The van der Waals surface area contributed by atoms with Crippen LogP contribution in [0.25, 0.3) is 5.76 Å². The van der Waals surface area contributed by atoms with Crippen molar-refractivity contribution in [2.24, 2.45) is 0 Å². The number of hydrogen-bond donors (Lipinski definition) is 0. The fraction of sp³-hybridized carbons (Fsp3) is 0.0938. The molecule has 1 aliphatic rings. The van der Waals surface area contributed by atoms with Crippen LogP contribution in [0.2, 0.25) is 0 Å². The van der Waals surface area contributed by atoms with Gasteiger partial charge in [-0.15, -0.1) is 0 Å². The van der Waals surface area contributed by atoms with Crippen LogP contribution in [0, 0.1) is 0 Å². The van der Waals surface area contributed by atoms with Gasteiger partial charge >= 0.3 is 0 Å². The zero-order valence-electron chi connectivity index (χ0n) is 19.6. The second-order valence-corrected chi connectivity index (χ2v) is 8.29. The van der Waals surface area contributed by atoms with E-state index < -0.39 is 0 Å². The molecular weight excluding hydrogens is 432 g/mol. The van der Waals surface area contributed by atoms with Gasteiger partial charge in [0.15, 0.2) is 5.78 Å². The number of carbonyl (C=O) groups excluding carboxylic acids is 1. The van der Waals surface area contributed by atoms with Gasteiger partial charge in [0, 0.05) is 28.2 Å². The average molecular weight is 459 g/mol. The number of hydrogen-bond acceptors (Lipinski definition) is 3. The van der Waals surface area contributed by atoms with Gasteiger partial charge in [-0.05, 0) is 48.9 Å². The van der Waals surface area contributed by atoms with Crippen LogP contribution in [0.3, 0.4) is 0 Å². The van der Waals surface area contributed by atoms with E-state index in [1.807, 2.05) is 91.9 Å². The minimum absolute atomic E-state index is 0.0688. The molecule has 0 amide bonds. The van der Waals surface area contributed by atoms with E-state index in [-0.39, 0.29) is 11.7 Å². The molecule has 35 heavy (non-hydrogen) atoms. The van der Waals surface area contributed by atoms with Gasteiger partial charge in [-0.3, -0.25) is 4.79 Å². The predicted molar refractivity (Wildman–Crippen MR) is 140 cm³/mol. The number of fused-ring (bicyclic) bond motifs is 1. The largest absolute Gasteiger partial charge is 0.494 e. The summed E-state index contributed by atoms with van der Waals surface area (Å²) in [5.74, 6) is 2.20. The highest BCUT2D eigenvalue weighted by Crippen LogP contribution is 2.46. The van der Waals surface area contributed by atoms with Gasteiger partial charge in [0.05, 0.1) is 6.61 Å². The third-order valence-corrected chi connectivity index (χ3v) is 6.05. The summed E-state index contributed by atoms with van der Waals surface area (Å²) < 4.78 is 12.0. The van der Waals surface area contributed by atoms with Crippen LogP contribution in [0.4, 0.5) is 0 Å². The molecule has 4 aromatic rings. The molecule has 0 aromatic heterocycles. The lowest BCUT2D eigenvalue weighted by Gasteiger charge is -2.30. The van der Waals surface area contributed by atoms with E-state index in [9.17, 15) is 4.79 Å². The minimum Gasteiger partial charge on any atom is -0.494 e. The second kappa shape index (κ2) is 10.3. The van der Waals surface area contributed by atoms with Crippen molar-refractivity contribution in [2.75, 3.05) is 6.61 Å². The van der Waals surface area contributed by atoms with Gasteiger partial charge in [0.2, 0.25) is 0 Å². The van der Waals surface area contributed by atoms with Gasteiger partial charge in [0.1, 0.15) is 17.3 Å². The molecule has 1 heterocycles. The number of benzene rings is 4. The van der Waals surface area contributed by atoms with E-state index in [0.29, 0.717) is 12.2 Å². The summed E-state index contributed by atoms with van der Waals surface area (Å²) in [5.41, 5.74) is 4.74. The number of allylic oxidation sites excluding steroid dienone is 3. The van der Waals surface area contributed by atoms with E-state index >= 15 is 0 Å². The van der Waals surface area contributed by atoms with E-state index in [0.717, 1.165) is 39.5 Å². The van der Waals surface area contributed by atoms with Crippen molar-refractivity contribution in [1.82, 2.24) is 0 Å². The molecule has 0 N–H and O–H groups in total. The first-order chi connectivity index (χ1) is 17.2. The van der Waals surface area contributed by atoms with Crippen molar-refractivity contribution in [3.05, 3.63) is 149 Å². The normalized spacial score (nSPS) is 14.9. The van der Waals surface area contributed by atoms with Crippen molar-refractivity contribution in [2.45, 2.75) is 12.8 Å². The van der Waals surface area contributed by atoms with Crippen LogP contribution >= 0.6 is 0 Å². The van der Waals surface area contributed by atoms with Gasteiger partial charge in [0.25, 0.3) is 0 Å². The highest BCUT2D eigenvalue weighted by atomic mass is 16.5. The zero-order valence-corrected chi connectivity index (χ0v) is 19.6. The van der Waals surface area contributed by atoms with Crippen molar-refractivity contribution < 1.29 is 14.3 Å². The summed E-state index contributed by atoms with van der Waals surface area (Å²) in [5, 5.41) is 0. The number of para-hydroxylation sites is 1. The Kier molecular flexibility index (Phi) is 6.58. The molecular formula is C32H26O3. The van der Waals surface area contributed by atoms with Crippen LogP contribution < -0.4 is 9.47 Å². The Hall–Kier alpha value is -4.37. The summed E-state index contributed by atoms with van der Waals surface area (Å²) in [7, 11) is 0. The molecule has 0 fully saturated rings. The Morgan fingerprint density at radius 3 is 2.20 bits per heavy atom. The summed E-state index contributed by atoms with van der Waals surface area (Å²) in [6, 6.07) is 35.7. The number of carbonyl (C=O) groups is 1. The first kappa shape index (κ1) is 22.4. The lowest BCUT2D eigenvalue weighted by molar-refractivity contribution is 0.104. The number of ether oxygens (including phenoxy) is 2. The third kappa shape index (κ3) is 4.80. The fourth-order valence-electron chi connectivity index (χ4n) is 4.41. The molecule has 5 rings (SSSR count). The minimum atomic E-state index is -0.0707. The smallest absolute Gasteiger partial charge is 0.185 e. The van der Waals surface area contributed by atoms with E-state index in [2.05, 4.69) is 18.2 Å². The molecule has 0 bridgehead atoms. The Morgan fingerprint density at radius 2 is 1.49 bits per heavy atom. The second-order valence-electron chi connectivity index (χ2n) is 8.29. The van der Waals surface area contributed by atoms with Crippen LogP contribution in [0.5, 0.6) is 11.5 Å². The first-order valence-electron chi connectivity index (χ1n) is 11.8. The lowest BCUT2D eigenvalue weighted by Crippen LogP contribution is -2.15. The Balaban J connectivity index is 1.61. The predicted octanol–water partition coefficient (Wildman–Crippen LogP) is 7.46. The molecule has 1 atom stereocenters. The van der Waals surface area contributed by atoms with Crippen molar-refractivity contribution in [1.29, 1.82) is 0 Å².